The zero-order valence-electron chi connectivity index (χ0n) is 20.6. The van der Waals surface area contributed by atoms with Crippen LogP contribution in [-0.4, -0.2) is 104 Å². The number of carbonyl (C=O) groups excluding carboxylic acids is 2. The number of benzene rings is 1. The summed E-state index contributed by atoms with van der Waals surface area (Å²) in [5.74, 6) is 1.09. The van der Waals surface area contributed by atoms with Crippen molar-refractivity contribution in [2.45, 2.75) is 12.5 Å². The summed E-state index contributed by atoms with van der Waals surface area (Å²) in [6.07, 6.45) is 3.07. The van der Waals surface area contributed by atoms with Crippen molar-refractivity contribution in [3.05, 3.63) is 35.7 Å². The zero-order valence-corrected chi connectivity index (χ0v) is 20.6. The highest BCUT2D eigenvalue weighted by atomic mass is 16.5. The van der Waals surface area contributed by atoms with E-state index in [9.17, 15) is 9.59 Å². The highest BCUT2D eigenvalue weighted by Gasteiger charge is 2.33. The van der Waals surface area contributed by atoms with Crippen molar-refractivity contribution in [2.24, 2.45) is 4.99 Å². The number of anilines is 2. The largest absolute Gasteiger partial charge is 0.496 e. The van der Waals surface area contributed by atoms with Gasteiger partial charge in [0.2, 0.25) is 11.8 Å². The maximum Gasteiger partial charge on any atom is 0.238 e. The van der Waals surface area contributed by atoms with Gasteiger partial charge in [0.1, 0.15) is 29.6 Å². The third kappa shape index (κ3) is 5.75. The maximum absolute atomic E-state index is 12.7. The lowest BCUT2D eigenvalue weighted by Gasteiger charge is -2.25. The summed E-state index contributed by atoms with van der Waals surface area (Å²) < 4.78 is 5.53. The van der Waals surface area contributed by atoms with Gasteiger partial charge in [0, 0.05) is 51.5 Å². The first kappa shape index (κ1) is 24.6. The molecule has 2 amide bonds. The van der Waals surface area contributed by atoms with E-state index in [2.05, 4.69) is 30.5 Å². The lowest BCUT2D eigenvalue weighted by Crippen LogP contribution is -2.40. The Bertz CT molecular complexity index is 1120. The summed E-state index contributed by atoms with van der Waals surface area (Å²) in [6.45, 7) is 3.53. The smallest absolute Gasteiger partial charge is 0.238 e. The van der Waals surface area contributed by atoms with Gasteiger partial charge in [-0.2, -0.15) is 0 Å². The van der Waals surface area contributed by atoms with Crippen molar-refractivity contribution in [3.8, 4) is 5.75 Å². The van der Waals surface area contributed by atoms with Crippen LogP contribution in [0.2, 0.25) is 0 Å². The fraction of sp³-hybridized carbons (Fsp3) is 0.458. The van der Waals surface area contributed by atoms with Gasteiger partial charge in [-0.05, 0) is 32.3 Å². The van der Waals surface area contributed by atoms with Gasteiger partial charge in [-0.25, -0.2) is 9.97 Å². The van der Waals surface area contributed by atoms with Gasteiger partial charge in [-0.15, -0.1) is 0 Å². The molecule has 1 unspecified atom stereocenters. The van der Waals surface area contributed by atoms with Crippen LogP contribution in [0, 0.1) is 0 Å². The van der Waals surface area contributed by atoms with Crippen LogP contribution in [0.25, 0.3) is 0 Å². The Morgan fingerprint density at radius 3 is 2.60 bits per heavy atom. The number of rotatable bonds is 1. The molecule has 1 aromatic heterocycles. The number of nitrogens with zero attached hydrogens (tertiary/aromatic N) is 6. The minimum atomic E-state index is -0.604. The van der Waals surface area contributed by atoms with E-state index in [0.717, 1.165) is 18.7 Å². The van der Waals surface area contributed by atoms with Crippen LogP contribution in [0.15, 0.2) is 29.5 Å². The molecule has 0 saturated heterocycles. The van der Waals surface area contributed by atoms with Crippen LogP contribution in [0.3, 0.4) is 0 Å². The Morgan fingerprint density at radius 2 is 1.80 bits per heavy atom. The fourth-order valence-corrected chi connectivity index (χ4v) is 4.15. The van der Waals surface area contributed by atoms with E-state index in [1.54, 1.807) is 18.2 Å². The average molecular weight is 481 g/mol. The summed E-state index contributed by atoms with van der Waals surface area (Å²) >= 11 is 0. The number of methoxy groups -OCH3 is 1. The number of aliphatic imine (C=N–C) groups is 1. The second-order valence-corrected chi connectivity index (χ2v) is 8.94. The molecular formula is C24H32N8O3. The molecule has 2 N–H and O–H groups in total. The van der Waals surface area contributed by atoms with Crippen LogP contribution in [0.5, 0.6) is 5.75 Å². The Labute approximate surface area is 205 Å². The molecular weight excluding hydrogens is 448 g/mol. The minimum absolute atomic E-state index is 0.0548. The van der Waals surface area contributed by atoms with E-state index in [4.69, 9.17) is 4.74 Å². The SMILES string of the molecule is COc1ccc2cc1CN(C)CC(=O)N(C)CCN(C)CCNc1ncnc3c1C(C=N2)C(=O)N3. The molecule has 2 bridgehead atoms. The first-order valence-electron chi connectivity index (χ1n) is 11.6. The van der Waals surface area contributed by atoms with Gasteiger partial charge in [-0.3, -0.25) is 19.5 Å². The standard InChI is InChI=1S/C24H32N8O3/c1-30-8-7-25-22-21-18(24(34)29-23(21)28-15-27-22)12-26-17-5-6-19(35-4)16(11-17)13-31(2)14-20(33)32(3)10-9-30/h5-6,11-12,15,18H,7-10,13-14H2,1-4H3,(H2,25,27,28,29,34). The lowest BCUT2D eigenvalue weighted by atomic mass is 10.0. The summed E-state index contributed by atoms with van der Waals surface area (Å²) in [5.41, 5.74) is 2.28. The van der Waals surface area contributed by atoms with Crippen molar-refractivity contribution < 1.29 is 14.3 Å². The molecule has 11 nitrogen and oxygen atoms in total. The Kier molecular flexibility index (Phi) is 7.57. The predicted octanol–water partition coefficient (Wildman–Crippen LogP) is 1.17. The quantitative estimate of drug-likeness (QED) is 0.625. The molecule has 2 aliphatic rings. The molecule has 0 aliphatic carbocycles. The monoisotopic (exact) mass is 480 g/mol. The average Bonchev–Trinajstić information content (AvgIpc) is 3.16. The van der Waals surface area contributed by atoms with E-state index in [-0.39, 0.29) is 18.4 Å². The highest BCUT2D eigenvalue weighted by molar-refractivity contribution is 6.13. The van der Waals surface area contributed by atoms with Crippen molar-refractivity contribution in [1.29, 1.82) is 0 Å². The van der Waals surface area contributed by atoms with Crippen LogP contribution >= 0.6 is 0 Å². The summed E-state index contributed by atoms with van der Waals surface area (Å²) in [7, 11) is 7.36. The molecule has 0 spiro atoms. The van der Waals surface area contributed by atoms with Crippen LogP contribution < -0.4 is 15.4 Å². The van der Waals surface area contributed by atoms with E-state index in [1.807, 2.05) is 44.2 Å². The second kappa shape index (κ2) is 10.8. The topological polar surface area (TPSA) is 115 Å². The first-order valence-corrected chi connectivity index (χ1v) is 11.6. The van der Waals surface area contributed by atoms with Crippen molar-refractivity contribution >= 4 is 35.4 Å². The number of hydrogen-bond donors (Lipinski definition) is 2. The van der Waals surface area contributed by atoms with Crippen molar-refractivity contribution in [3.63, 3.8) is 0 Å². The summed E-state index contributed by atoms with van der Waals surface area (Å²) in [6, 6.07) is 5.60. The summed E-state index contributed by atoms with van der Waals surface area (Å²) in [4.78, 5) is 44.5. The van der Waals surface area contributed by atoms with E-state index in [0.29, 0.717) is 48.3 Å². The third-order valence-corrected chi connectivity index (χ3v) is 6.23. The fourth-order valence-electron chi connectivity index (χ4n) is 4.15. The third-order valence-electron chi connectivity index (χ3n) is 6.23. The Balaban J connectivity index is 1.67. The molecule has 11 heteroatoms. The van der Waals surface area contributed by atoms with Gasteiger partial charge in [0.15, 0.2) is 0 Å². The van der Waals surface area contributed by atoms with Gasteiger partial charge in [0.25, 0.3) is 0 Å². The van der Waals surface area contributed by atoms with Crippen molar-refractivity contribution in [1.82, 2.24) is 24.7 Å². The molecule has 0 saturated carbocycles. The first-order chi connectivity index (χ1) is 16.9. The number of nitrogens with one attached hydrogen (secondary N) is 2. The number of carbonyl (C=O) groups is 2. The van der Waals surface area contributed by atoms with Gasteiger partial charge in [-0.1, -0.05) is 0 Å². The predicted molar refractivity (Wildman–Crippen MR) is 135 cm³/mol. The van der Waals surface area contributed by atoms with Crippen molar-refractivity contribution in [2.75, 3.05) is 71.6 Å². The Morgan fingerprint density at radius 1 is 1.00 bits per heavy atom. The molecule has 1 atom stereocenters. The molecule has 2 aromatic rings. The minimum Gasteiger partial charge on any atom is -0.496 e. The van der Waals surface area contributed by atoms with E-state index in [1.165, 1.54) is 6.33 Å². The number of amides is 2. The maximum atomic E-state index is 12.7. The summed E-state index contributed by atoms with van der Waals surface area (Å²) in [5, 5.41) is 6.16. The lowest BCUT2D eigenvalue weighted by molar-refractivity contribution is -0.131. The highest BCUT2D eigenvalue weighted by Crippen LogP contribution is 2.35. The van der Waals surface area contributed by atoms with Gasteiger partial charge < -0.3 is 25.2 Å². The molecule has 35 heavy (non-hydrogen) atoms. The van der Waals surface area contributed by atoms with Crippen LogP contribution in [-0.2, 0) is 16.1 Å². The molecule has 2 aliphatic heterocycles. The molecule has 0 fully saturated rings. The molecule has 186 valence electrons. The van der Waals surface area contributed by atoms with Crippen LogP contribution in [0.1, 0.15) is 17.0 Å². The van der Waals surface area contributed by atoms with E-state index >= 15 is 0 Å². The second-order valence-electron chi connectivity index (χ2n) is 8.94. The zero-order chi connectivity index (χ0) is 24.9. The molecule has 3 heterocycles. The molecule has 0 radical (unpaired) electrons. The van der Waals surface area contributed by atoms with Crippen LogP contribution in [0.4, 0.5) is 17.3 Å². The van der Waals surface area contributed by atoms with Gasteiger partial charge >= 0.3 is 0 Å². The number of likely N-dealkylation sites (N-methyl/N-ethyl adjacent to an activating group) is 3. The van der Waals surface area contributed by atoms with Gasteiger partial charge in [0.05, 0.1) is 24.9 Å². The number of ether oxygens (including phenoxy) is 1. The number of aromatic nitrogens is 2. The van der Waals surface area contributed by atoms with E-state index < -0.39 is 5.92 Å². The molecule has 4 rings (SSSR count). The Hall–Kier alpha value is -3.57. The number of fused-ring (bicyclic) bond motifs is 2. The normalized spacial score (nSPS) is 20.3. The number of hydrogen-bond acceptors (Lipinski definition) is 9. The molecule has 1 aromatic carbocycles.